The molecule has 3 aromatic rings. The number of nitrogens with one attached hydrogen (secondary N) is 2. The van der Waals surface area contributed by atoms with E-state index in [2.05, 4.69) is 15.6 Å². The number of methoxy groups -OCH3 is 1. The first-order valence-corrected chi connectivity index (χ1v) is 8.45. The summed E-state index contributed by atoms with van der Waals surface area (Å²) in [5, 5.41) is 7.15. The third-order valence-corrected chi connectivity index (χ3v) is 4.56. The molecule has 0 saturated carbocycles. The van der Waals surface area contributed by atoms with Crippen LogP contribution in [0.5, 0.6) is 5.75 Å². The molecule has 1 unspecified atom stereocenters. The summed E-state index contributed by atoms with van der Waals surface area (Å²) < 4.78 is 6.22. The molecule has 0 fully saturated rings. The summed E-state index contributed by atoms with van der Waals surface area (Å²) in [4.78, 5) is 16.8. The van der Waals surface area contributed by atoms with Crippen LogP contribution in [0, 0.1) is 6.92 Å². The molecule has 0 radical (unpaired) electrons. The first-order valence-electron chi connectivity index (χ1n) is 7.64. The fraction of sp³-hybridized carbons (Fsp3) is 0.222. The van der Waals surface area contributed by atoms with Gasteiger partial charge in [-0.3, -0.25) is 4.79 Å². The molecule has 6 heteroatoms. The van der Waals surface area contributed by atoms with Gasteiger partial charge in [-0.15, -0.1) is 11.3 Å². The van der Waals surface area contributed by atoms with Gasteiger partial charge < -0.3 is 15.4 Å². The van der Waals surface area contributed by atoms with Gasteiger partial charge in [-0.1, -0.05) is 0 Å². The van der Waals surface area contributed by atoms with Gasteiger partial charge in [0, 0.05) is 11.4 Å². The van der Waals surface area contributed by atoms with Crippen LogP contribution in [0.3, 0.4) is 0 Å². The molecular formula is C18H19N3O2S. The Morgan fingerprint density at radius 2 is 1.88 bits per heavy atom. The Balaban J connectivity index is 1.65. The number of aromatic nitrogens is 1. The largest absolute Gasteiger partial charge is 0.497 e. The summed E-state index contributed by atoms with van der Waals surface area (Å²) in [7, 11) is 1.61. The lowest BCUT2D eigenvalue weighted by Crippen LogP contribution is -2.31. The van der Waals surface area contributed by atoms with E-state index in [1.54, 1.807) is 18.4 Å². The number of thiazole rings is 1. The van der Waals surface area contributed by atoms with Crippen LogP contribution in [0.15, 0.2) is 42.5 Å². The molecule has 0 bridgehead atoms. The molecule has 1 heterocycles. The predicted octanol–water partition coefficient (Wildman–Crippen LogP) is 4.05. The molecule has 2 N–H and O–H groups in total. The number of hydrogen-bond donors (Lipinski definition) is 2. The van der Waals surface area contributed by atoms with Crippen molar-refractivity contribution in [1.29, 1.82) is 0 Å². The average molecular weight is 341 g/mol. The Bertz CT molecular complexity index is 858. The molecule has 0 aliphatic heterocycles. The number of benzene rings is 2. The van der Waals surface area contributed by atoms with E-state index in [0.29, 0.717) is 0 Å². The van der Waals surface area contributed by atoms with Crippen molar-refractivity contribution in [3.05, 3.63) is 47.5 Å². The van der Waals surface area contributed by atoms with Gasteiger partial charge in [-0.2, -0.15) is 0 Å². The van der Waals surface area contributed by atoms with Crippen molar-refractivity contribution < 1.29 is 9.53 Å². The minimum atomic E-state index is -0.362. The van der Waals surface area contributed by atoms with Crippen molar-refractivity contribution in [2.45, 2.75) is 19.9 Å². The Kier molecular flexibility index (Phi) is 4.66. The van der Waals surface area contributed by atoms with E-state index in [1.165, 1.54) is 0 Å². The summed E-state index contributed by atoms with van der Waals surface area (Å²) >= 11 is 1.64. The van der Waals surface area contributed by atoms with E-state index in [-0.39, 0.29) is 11.9 Å². The van der Waals surface area contributed by atoms with Gasteiger partial charge in [0.15, 0.2) is 0 Å². The standard InChI is InChI=1S/C18H19N3O2S/c1-11(18(22)21-13-4-7-15(23-3)8-5-13)19-14-6-9-16-17(10-14)24-12(2)20-16/h4-11,19H,1-3H3,(H,21,22). The zero-order valence-corrected chi connectivity index (χ0v) is 14.6. The third kappa shape index (κ3) is 3.65. The summed E-state index contributed by atoms with van der Waals surface area (Å²) in [5.74, 6) is 0.660. The SMILES string of the molecule is COc1ccc(NC(=O)C(C)Nc2ccc3nc(C)sc3c2)cc1. The van der Waals surface area contributed by atoms with Crippen LogP contribution in [0.2, 0.25) is 0 Å². The molecule has 5 nitrogen and oxygen atoms in total. The van der Waals surface area contributed by atoms with E-state index >= 15 is 0 Å². The van der Waals surface area contributed by atoms with Crippen molar-refractivity contribution in [2.75, 3.05) is 17.7 Å². The number of aryl methyl sites for hydroxylation is 1. The van der Waals surface area contributed by atoms with Gasteiger partial charge in [0.25, 0.3) is 0 Å². The zero-order valence-electron chi connectivity index (χ0n) is 13.8. The maximum atomic E-state index is 12.3. The lowest BCUT2D eigenvalue weighted by atomic mass is 10.2. The number of nitrogens with zero attached hydrogens (tertiary/aromatic N) is 1. The second-order valence-corrected chi connectivity index (χ2v) is 6.73. The Hall–Kier alpha value is -2.60. The Labute approximate surface area is 144 Å². The Morgan fingerprint density at radius 1 is 1.17 bits per heavy atom. The molecule has 1 aromatic heterocycles. The maximum Gasteiger partial charge on any atom is 0.246 e. The van der Waals surface area contributed by atoms with E-state index < -0.39 is 0 Å². The molecular weight excluding hydrogens is 322 g/mol. The van der Waals surface area contributed by atoms with Gasteiger partial charge in [-0.05, 0) is 56.3 Å². The topological polar surface area (TPSA) is 63.2 Å². The predicted molar refractivity (Wildman–Crippen MR) is 99.1 cm³/mol. The van der Waals surface area contributed by atoms with E-state index in [9.17, 15) is 4.79 Å². The molecule has 1 amide bonds. The van der Waals surface area contributed by atoms with Crippen LogP contribution >= 0.6 is 11.3 Å². The van der Waals surface area contributed by atoms with Crippen molar-refractivity contribution in [3.8, 4) is 5.75 Å². The smallest absolute Gasteiger partial charge is 0.246 e. The number of hydrogen-bond acceptors (Lipinski definition) is 5. The van der Waals surface area contributed by atoms with Crippen LogP contribution in [-0.4, -0.2) is 24.0 Å². The van der Waals surface area contributed by atoms with Gasteiger partial charge >= 0.3 is 0 Å². The van der Waals surface area contributed by atoms with Crippen LogP contribution in [0.25, 0.3) is 10.2 Å². The number of carbonyl (C=O) groups excluding carboxylic acids is 1. The minimum Gasteiger partial charge on any atom is -0.497 e. The second-order valence-electron chi connectivity index (χ2n) is 5.50. The Morgan fingerprint density at radius 3 is 2.58 bits per heavy atom. The summed E-state index contributed by atoms with van der Waals surface area (Å²) in [5.41, 5.74) is 2.63. The molecule has 3 rings (SSSR count). The number of anilines is 2. The van der Waals surface area contributed by atoms with Crippen molar-refractivity contribution in [1.82, 2.24) is 4.98 Å². The molecule has 24 heavy (non-hydrogen) atoms. The van der Waals surface area contributed by atoms with Gasteiger partial charge in [0.1, 0.15) is 11.8 Å². The van der Waals surface area contributed by atoms with Crippen molar-refractivity contribution >= 4 is 38.8 Å². The molecule has 1 atom stereocenters. The minimum absolute atomic E-state index is 0.0965. The quantitative estimate of drug-likeness (QED) is 0.735. The molecule has 0 aliphatic carbocycles. The zero-order chi connectivity index (χ0) is 17.1. The van der Waals surface area contributed by atoms with E-state index in [0.717, 1.165) is 32.3 Å². The first kappa shape index (κ1) is 16.3. The molecule has 124 valence electrons. The highest BCUT2D eigenvalue weighted by molar-refractivity contribution is 7.18. The molecule has 2 aromatic carbocycles. The van der Waals surface area contributed by atoms with Gasteiger partial charge in [0.05, 0.1) is 22.3 Å². The summed E-state index contributed by atoms with van der Waals surface area (Å²) in [6.45, 7) is 3.82. The van der Waals surface area contributed by atoms with E-state index in [4.69, 9.17) is 4.74 Å². The first-order chi connectivity index (χ1) is 11.5. The lowest BCUT2D eigenvalue weighted by Gasteiger charge is -2.15. The summed E-state index contributed by atoms with van der Waals surface area (Å²) in [6.07, 6.45) is 0. The molecule has 0 aliphatic rings. The highest BCUT2D eigenvalue weighted by Crippen LogP contribution is 2.25. The second kappa shape index (κ2) is 6.88. The monoisotopic (exact) mass is 341 g/mol. The van der Waals surface area contributed by atoms with Crippen LogP contribution in [0.4, 0.5) is 11.4 Å². The van der Waals surface area contributed by atoms with Crippen LogP contribution < -0.4 is 15.4 Å². The average Bonchev–Trinajstić information content (AvgIpc) is 2.94. The number of fused-ring (bicyclic) bond motifs is 1. The van der Waals surface area contributed by atoms with Gasteiger partial charge in [0.2, 0.25) is 5.91 Å². The summed E-state index contributed by atoms with van der Waals surface area (Å²) in [6, 6.07) is 12.8. The number of ether oxygens (including phenoxy) is 1. The highest BCUT2D eigenvalue weighted by atomic mass is 32.1. The van der Waals surface area contributed by atoms with Gasteiger partial charge in [-0.25, -0.2) is 4.98 Å². The normalized spacial score (nSPS) is 12.0. The number of amides is 1. The number of rotatable bonds is 5. The maximum absolute atomic E-state index is 12.3. The number of carbonyl (C=O) groups is 1. The highest BCUT2D eigenvalue weighted by Gasteiger charge is 2.13. The molecule has 0 spiro atoms. The van der Waals surface area contributed by atoms with Crippen LogP contribution in [-0.2, 0) is 4.79 Å². The lowest BCUT2D eigenvalue weighted by molar-refractivity contribution is -0.116. The van der Waals surface area contributed by atoms with E-state index in [1.807, 2.05) is 56.3 Å². The molecule has 0 saturated heterocycles. The van der Waals surface area contributed by atoms with Crippen molar-refractivity contribution in [2.24, 2.45) is 0 Å². The fourth-order valence-corrected chi connectivity index (χ4v) is 3.24. The fourth-order valence-electron chi connectivity index (χ4n) is 2.37. The van der Waals surface area contributed by atoms with Crippen molar-refractivity contribution in [3.63, 3.8) is 0 Å². The van der Waals surface area contributed by atoms with Crippen LogP contribution in [0.1, 0.15) is 11.9 Å². The third-order valence-electron chi connectivity index (χ3n) is 3.63.